The van der Waals surface area contributed by atoms with Crippen LogP contribution in [0.3, 0.4) is 0 Å². The van der Waals surface area contributed by atoms with Crippen LogP contribution < -0.4 is 16.5 Å². The molecule has 2 heterocycles. The maximum absolute atomic E-state index is 13.8. The Balaban J connectivity index is 1.66. The van der Waals surface area contributed by atoms with E-state index in [1.165, 1.54) is 34.7 Å². The van der Waals surface area contributed by atoms with Crippen LogP contribution in [0.15, 0.2) is 96.1 Å². The summed E-state index contributed by atoms with van der Waals surface area (Å²) in [4.78, 5) is 17.9. The summed E-state index contributed by atoms with van der Waals surface area (Å²) in [6, 6.07) is 17.1. The Bertz CT molecular complexity index is 1850. The molecule has 1 fully saturated rings. The second kappa shape index (κ2) is 13.4. The van der Waals surface area contributed by atoms with E-state index in [-0.39, 0.29) is 6.54 Å². The fourth-order valence-corrected chi connectivity index (χ4v) is 7.02. The number of nitrogens with zero attached hydrogens (tertiary/aromatic N) is 3. The monoisotopic (exact) mass is 660 g/mol. The van der Waals surface area contributed by atoms with E-state index < -0.39 is 39.4 Å². The van der Waals surface area contributed by atoms with Crippen LogP contribution in [0.25, 0.3) is 5.57 Å². The fraction of sp³-hybridized carbons (Fsp3) is 0.314. The van der Waals surface area contributed by atoms with Gasteiger partial charge in [-0.1, -0.05) is 37.3 Å². The molecule has 1 amide bonds. The van der Waals surface area contributed by atoms with Crippen molar-refractivity contribution in [2.24, 2.45) is 5.84 Å². The highest BCUT2D eigenvalue weighted by atomic mass is 32.2. The van der Waals surface area contributed by atoms with Gasteiger partial charge in [-0.3, -0.25) is 24.4 Å². The number of hydrogen-bond donors (Lipinski definition) is 4. The van der Waals surface area contributed by atoms with Crippen molar-refractivity contribution in [2.75, 3.05) is 19.8 Å². The number of pyridine rings is 1. The van der Waals surface area contributed by atoms with Gasteiger partial charge >= 0.3 is 0 Å². The number of amides is 1. The van der Waals surface area contributed by atoms with Crippen molar-refractivity contribution in [1.82, 2.24) is 24.9 Å². The Morgan fingerprint density at radius 2 is 1.83 bits per heavy atom. The number of carbonyl (C=O) groups excluding carboxylic acids is 1. The molecule has 5 rings (SSSR count). The molecule has 2 atom stereocenters. The van der Waals surface area contributed by atoms with E-state index in [2.05, 4.69) is 15.6 Å². The maximum atomic E-state index is 13.8. The lowest BCUT2D eigenvalue weighted by molar-refractivity contribution is -0.117. The number of allylic oxidation sites excluding steroid dienone is 2. The Hall–Kier alpha value is -4.36. The fourth-order valence-electron chi connectivity index (χ4n) is 6.05. The van der Waals surface area contributed by atoms with Gasteiger partial charge in [0, 0.05) is 43.1 Å². The van der Waals surface area contributed by atoms with E-state index >= 15 is 0 Å². The first kappa shape index (κ1) is 34.0. The Morgan fingerprint density at radius 3 is 2.40 bits per heavy atom. The number of sulfonamides is 1. The zero-order valence-corrected chi connectivity index (χ0v) is 28.0. The molecule has 3 aromatic rings. The molecular weight excluding hydrogens is 619 g/mol. The van der Waals surface area contributed by atoms with Crippen molar-refractivity contribution in [1.29, 1.82) is 0 Å². The zero-order chi connectivity index (χ0) is 34.1. The van der Waals surface area contributed by atoms with Crippen molar-refractivity contribution in [3.63, 3.8) is 0 Å². The number of halogens is 1. The molecule has 12 heteroatoms. The Morgan fingerprint density at radius 1 is 1.15 bits per heavy atom. The first-order valence-corrected chi connectivity index (χ1v) is 17.3. The van der Waals surface area contributed by atoms with E-state index in [1.807, 2.05) is 50.2 Å². The summed E-state index contributed by atoms with van der Waals surface area (Å²) in [5.41, 5.74) is 4.58. The largest absolute Gasteiger partial charge is 0.374 e. The molecule has 2 unspecified atom stereocenters. The number of aliphatic hydroxyl groups excluding tert-OH is 1. The number of aryl methyl sites for hydroxylation is 1. The standard InChI is InChI=1S/C35H41FN6O4S/c1-6-42(47(5,45)46)30-21-41(37)29(32(34(44)38-4)23(3)24-12-14-26(36)15-13-24)20-28(30)27-19-25(11-10-22(27)2)33(43)40-35(16-17-35)31-9-7-8-18-39-31/h7-15,18-21,23,33,40,43H,6,16-17,37H2,1-5H3,(H,38,44). The number of hydrogen-bond acceptors (Lipinski definition) is 8. The molecule has 248 valence electrons. The molecule has 0 bridgehead atoms. The number of likely N-dealkylation sites (N-methyl/N-ethyl adjacent to an activating group) is 2. The molecule has 47 heavy (non-hydrogen) atoms. The minimum Gasteiger partial charge on any atom is -0.374 e. The Kier molecular flexibility index (Phi) is 9.69. The lowest BCUT2D eigenvalue weighted by atomic mass is 9.87. The van der Waals surface area contributed by atoms with Gasteiger partial charge in [-0.05, 0) is 85.4 Å². The smallest absolute Gasteiger partial charge is 0.249 e. The predicted molar refractivity (Wildman–Crippen MR) is 180 cm³/mol. The van der Waals surface area contributed by atoms with Crippen LogP contribution in [0.1, 0.15) is 66.8 Å². The number of aromatic nitrogens is 1. The summed E-state index contributed by atoms with van der Waals surface area (Å²) in [6.45, 7) is 5.56. The first-order valence-electron chi connectivity index (χ1n) is 15.4. The molecule has 1 aromatic heterocycles. The van der Waals surface area contributed by atoms with Gasteiger partial charge in [0.05, 0.1) is 28.9 Å². The maximum Gasteiger partial charge on any atom is 0.249 e. The minimum atomic E-state index is -3.74. The molecular formula is C35H41FN6O4S. The van der Waals surface area contributed by atoms with Crippen molar-refractivity contribution in [3.05, 3.63) is 130 Å². The molecule has 1 aliphatic heterocycles. The van der Waals surface area contributed by atoms with E-state index in [9.17, 15) is 22.7 Å². The number of aliphatic hydroxyl groups is 1. The molecule has 0 saturated heterocycles. The number of nitrogens with two attached hydrogens (primary N) is 1. The Labute approximate surface area is 275 Å². The van der Waals surface area contributed by atoms with Crippen LogP contribution in [0, 0.1) is 12.7 Å². The zero-order valence-electron chi connectivity index (χ0n) is 27.2. The van der Waals surface area contributed by atoms with Gasteiger partial charge in [0.2, 0.25) is 15.9 Å². The topological polar surface area (TPSA) is 141 Å². The number of rotatable bonds is 11. The van der Waals surface area contributed by atoms with Gasteiger partial charge in [0.15, 0.2) is 0 Å². The molecule has 0 spiro atoms. The van der Waals surface area contributed by atoms with Gasteiger partial charge < -0.3 is 10.4 Å². The highest BCUT2D eigenvalue weighted by molar-refractivity contribution is 7.88. The van der Waals surface area contributed by atoms with E-state index in [0.717, 1.165) is 30.4 Å². The summed E-state index contributed by atoms with van der Waals surface area (Å²) < 4.78 is 41.1. The summed E-state index contributed by atoms with van der Waals surface area (Å²) >= 11 is 0. The van der Waals surface area contributed by atoms with Gasteiger partial charge in [0.1, 0.15) is 12.0 Å². The normalized spacial score (nSPS) is 18.1. The SMILES string of the molecule is CCN(C1=CN(N)C(=C(C(=O)NC)C(C)c2ccc(F)cc2)C=C1c1cc(C(O)NC2(c3ccccn3)CC2)ccc1C)S(C)(=O)=O. The van der Waals surface area contributed by atoms with E-state index in [0.29, 0.717) is 39.2 Å². The van der Waals surface area contributed by atoms with E-state index in [1.54, 1.807) is 31.3 Å². The number of benzene rings is 2. The molecule has 0 radical (unpaired) electrons. The third-order valence-corrected chi connectivity index (χ3v) is 10.0. The quantitative estimate of drug-likeness (QED) is 0.136. The van der Waals surface area contributed by atoms with Gasteiger partial charge in [-0.15, -0.1) is 0 Å². The van der Waals surface area contributed by atoms with Gasteiger partial charge in [0.25, 0.3) is 0 Å². The highest BCUT2D eigenvalue weighted by Gasteiger charge is 2.46. The summed E-state index contributed by atoms with van der Waals surface area (Å²) in [5.74, 6) is 5.25. The lowest BCUT2D eigenvalue weighted by Crippen LogP contribution is -2.37. The van der Waals surface area contributed by atoms with Crippen LogP contribution in [-0.2, 0) is 20.4 Å². The van der Waals surface area contributed by atoms with Crippen molar-refractivity contribution in [2.45, 2.75) is 51.3 Å². The van der Waals surface area contributed by atoms with Crippen LogP contribution in [0.4, 0.5) is 4.39 Å². The molecule has 1 saturated carbocycles. The highest BCUT2D eigenvalue weighted by Crippen LogP contribution is 2.46. The van der Waals surface area contributed by atoms with Gasteiger partial charge in [-0.25, -0.2) is 18.7 Å². The second-order valence-electron chi connectivity index (χ2n) is 12.0. The average molecular weight is 661 g/mol. The first-order chi connectivity index (χ1) is 22.3. The van der Waals surface area contributed by atoms with Crippen LogP contribution in [0.2, 0.25) is 0 Å². The van der Waals surface area contributed by atoms with E-state index in [4.69, 9.17) is 5.84 Å². The summed E-state index contributed by atoms with van der Waals surface area (Å²) in [7, 11) is -2.23. The average Bonchev–Trinajstić information content (AvgIpc) is 3.83. The molecule has 10 nitrogen and oxygen atoms in total. The summed E-state index contributed by atoms with van der Waals surface area (Å²) in [6.07, 6.45) is 6.66. The third kappa shape index (κ3) is 7.01. The lowest BCUT2D eigenvalue weighted by Gasteiger charge is -2.34. The summed E-state index contributed by atoms with van der Waals surface area (Å²) in [5, 5.41) is 18.7. The second-order valence-corrected chi connectivity index (χ2v) is 13.9. The number of hydrazine groups is 1. The molecule has 5 N–H and O–H groups in total. The third-order valence-electron chi connectivity index (χ3n) is 8.79. The minimum absolute atomic E-state index is 0.124. The van der Waals surface area contributed by atoms with Crippen LogP contribution in [0.5, 0.6) is 0 Å². The van der Waals surface area contributed by atoms with Gasteiger partial charge in [-0.2, -0.15) is 0 Å². The van der Waals surface area contributed by atoms with Crippen LogP contribution >= 0.6 is 0 Å². The number of nitrogens with one attached hydrogen (secondary N) is 2. The number of carbonyl (C=O) groups is 1. The predicted octanol–water partition coefficient (Wildman–Crippen LogP) is 4.30. The molecule has 2 aromatic carbocycles. The van der Waals surface area contributed by atoms with Crippen LogP contribution in [-0.4, -0.2) is 53.6 Å². The van der Waals surface area contributed by atoms with Crippen molar-refractivity contribution < 1.29 is 22.7 Å². The molecule has 2 aliphatic rings. The van der Waals surface area contributed by atoms with Crippen molar-refractivity contribution >= 4 is 21.5 Å². The molecule has 1 aliphatic carbocycles. The van der Waals surface area contributed by atoms with Crippen molar-refractivity contribution in [3.8, 4) is 0 Å².